The first-order chi connectivity index (χ1) is 5.77. The molecule has 1 rings (SSSR count). The molecule has 3 unspecified atom stereocenters. The van der Waals surface area contributed by atoms with Crippen LogP contribution < -0.4 is 0 Å². The topological polar surface area (TPSA) is 18.5 Å². The van der Waals surface area contributed by atoms with Crippen molar-refractivity contribution in [1.29, 1.82) is 0 Å². The summed E-state index contributed by atoms with van der Waals surface area (Å²) in [4.78, 5) is 0. The summed E-state index contributed by atoms with van der Waals surface area (Å²) < 4.78 is 12.2. The van der Waals surface area contributed by atoms with Crippen molar-refractivity contribution < 1.29 is 9.47 Å². The highest BCUT2D eigenvalue weighted by atomic mass is 127. The van der Waals surface area contributed by atoms with Gasteiger partial charge in [0.15, 0.2) is 0 Å². The van der Waals surface area contributed by atoms with Gasteiger partial charge in [0.1, 0.15) is 0 Å². The average molecular weight is 284 g/mol. The Hall–Kier alpha value is 0.650. The Morgan fingerprint density at radius 3 is 2.92 bits per heavy atom. The van der Waals surface area contributed by atoms with Gasteiger partial charge < -0.3 is 9.47 Å². The predicted octanol–water partition coefficient (Wildman–Crippen LogP) is 2.39. The molecule has 1 aliphatic heterocycles. The van der Waals surface area contributed by atoms with Crippen molar-refractivity contribution in [2.24, 2.45) is 0 Å². The van der Waals surface area contributed by atoms with Gasteiger partial charge in [-0.1, -0.05) is 22.6 Å². The molecule has 2 nitrogen and oxygen atoms in total. The second-order valence-corrected chi connectivity index (χ2v) is 4.20. The van der Waals surface area contributed by atoms with Crippen molar-refractivity contribution in [2.45, 2.75) is 44.5 Å². The zero-order valence-corrected chi connectivity index (χ0v) is 9.91. The van der Waals surface area contributed by atoms with E-state index in [2.05, 4.69) is 29.5 Å². The third-order valence-corrected chi connectivity index (χ3v) is 3.43. The Morgan fingerprint density at radius 2 is 2.33 bits per heavy atom. The van der Waals surface area contributed by atoms with Crippen molar-refractivity contribution in [3.63, 3.8) is 0 Å². The molecule has 0 N–H and O–H groups in total. The fourth-order valence-electron chi connectivity index (χ4n) is 1.54. The van der Waals surface area contributed by atoms with E-state index >= 15 is 0 Å². The summed E-state index contributed by atoms with van der Waals surface area (Å²) in [5.41, 5.74) is 0. The lowest BCUT2D eigenvalue weighted by molar-refractivity contribution is -0.101. The van der Waals surface area contributed by atoms with Gasteiger partial charge in [-0.3, -0.25) is 0 Å². The van der Waals surface area contributed by atoms with Crippen LogP contribution in [0.1, 0.15) is 26.2 Å². The number of hydrogen-bond donors (Lipinski definition) is 0. The SMILES string of the molecule is COC(C)C1CCCC(CI)O1. The summed E-state index contributed by atoms with van der Waals surface area (Å²) in [6.07, 6.45) is 4.69. The average Bonchev–Trinajstić information content (AvgIpc) is 2.17. The Labute approximate surface area is 88.1 Å². The number of rotatable bonds is 3. The summed E-state index contributed by atoms with van der Waals surface area (Å²) in [6.45, 7) is 2.08. The third kappa shape index (κ3) is 2.85. The molecule has 72 valence electrons. The van der Waals surface area contributed by atoms with Crippen LogP contribution in [0.25, 0.3) is 0 Å². The Balaban J connectivity index is 2.34. The lowest BCUT2D eigenvalue weighted by atomic mass is 10.0. The van der Waals surface area contributed by atoms with Crippen molar-refractivity contribution >= 4 is 22.6 Å². The molecular weight excluding hydrogens is 267 g/mol. The molecule has 1 heterocycles. The van der Waals surface area contributed by atoms with Crippen LogP contribution in [0, 0.1) is 0 Å². The van der Waals surface area contributed by atoms with Crippen molar-refractivity contribution in [3.8, 4) is 0 Å². The predicted molar refractivity (Wildman–Crippen MR) is 57.9 cm³/mol. The van der Waals surface area contributed by atoms with Crippen LogP contribution in [0.2, 0.25) is 0 Å². The number of ether oxygens (including phenoxy) is 2. The smallest absolute Gasteiger partial charge is 0.0837 e. The fraction of sp³-hybridized carbons (Fsp3) is 1.00. The molecule has 3 atom stereocenters. The Kier molecular flexibility index (Phi) is 4.82. The maximum atomic E-state index is 5.86. The van der Waals surface area contributed by atoms with Crippen molar-refractivity contribution in [1.82, 2.24) is 0 Å². The third-order valence-electron chi connectivity index (χ3n) is 2.45. The van der Waals surface area contributed by atoms with Crippen molar-refractivity contribution in [2.75, 3.05) is 11.5 Å². The van der Waals surface area contributed by atoms with E-state index in [0.29, 0.717) is 12.2 Å². The van der Waals surface area contributed by atoms with Crippen LogP contribution in [0.3, 0.4) is 0 Å². The minimum absolute atomic E-state index is 0.246. The lowest BCUT2D eigenvalue weighted by Gasteiger charge is -2.32. The Morgan fingerprint density at radius 1 is 1.58 bits per heavy atom. The second-order valence-electron chi connectivity index (χ2n) is 3.32. The summed E-state index contributed by atoms with van der Waals surface area (Å²) in [5, 5.41) is 0. The highest BCUT2D eigenvalue weighted by Crippen LogP contribution is 2.23. The number of hydrogen-bond acceptors (Lipinski definition) is 2. The molecule has 1 fully saturated rings. The molecule has 0 aromatic rings. The largest absolute Gasteiger partial charge is 0.379 e. The molecule has 1 saturated heterocycles. The van der Waals surface area contributed by atoms with Crippen LogP contribution in [0.4, 0.5) is 0 Å². The standard InChI is InChI=1S/C9H17IO2/c1-7(11-2)9-5-3-4-8(6-10)12-9/h7-9H,3-6H2,1-2H3. The zero-order valence-electron chi connectivity index (χ0n) is 7.75. The summed E-state index contributed by atoms with van der Waals surface area (Å²) in [6, 6.07) is 0. The number of halogens is 1. The van der Waals surface area contributed by atoms with Gasteiger partial charge in [-0.15, -0.1) is 0 Å². The molecule has 3 heteroatoms. The van der Waals surface area contributed by atoms with Crippen LogP contribution in [0.5, 0.6) is 0 Å². The van der Waals surface area contributed by atoms with E-state index < -0.39 is 0 Å². The minimum Gasteiger partial charge on any atom is -0.379 e. The first-order valence-corrected chi connectivity index (χ1v) is 6.04. The van der Waals surface area contributed by atoms with Crippen LogP contribution in [0.15, 0.2) is 0 Å². The lowest BCUT2D eigenvalue weighted by Crippen LogP contribution is -2.36. The summed E-state index contributed by atoms with van der Waals surface area (Å²) in [7, 11) is 1.75. The van der Waals surface area contributed by atoms with Crippen LogP contribution in [-0.2, 0) is 9.47 Å². The quantitative estimate of drug-likeness (QED) is 0.585. The molecule has 0 aromatic heterocycles. The molecule has 0 amide bonds. The van der Waals surface area contributed by atoms with Gasteiger partial charge in [-0.2, -0.15) is 0 Å². The van der Waals surface area contributed by atoms with Gasteiger partial charge in [0.05, 0.1) is 18.3 Å². The normalized spacial score (nSPS) is 33.2. The van der Waals surface area contributed by atoms with Crippen molar-refractivity contribution in [3.05, 3.63) is 0 Å². The summed E-state index contributed by atoms with van der Waals surface area (Å²) >= 11 is 2.39. The molecular formula is C9H17IO2. The van der Waals surface area contributed by atoms with Gasteiger partial charge in [-0.25, -0.2) is 0 Å². The molecule has 12 heavy (non-hydrogen) atoms. The highest BCUT2D eigenvalue weighted by molar-refractivity contribution is 14.1. The van der Waals surface area contributed by atoms with E-state index in [1.165, 1.54) is 12.8 Å². The maximum Gasteiger partial charge on any atom is 0.0837 e. The minimum atomic E-state index is 0.246. The molecule has 1 aliphatic rings. The zero-order chi connectivity index (χ0) is 8.97. The van der Waals surface area contributed by atoms with Gasteiger partial charge in [0.25, 0.3) is 0 Å². The monoisotopic (exact) mass is 284 g/mol. The van der Waals surface area contributed by atoms with E-state index in [1.54, 1.807) is 7.11 Å². The Bertz CT molecular complexity index is 128. The molecule has 0 spiro atoms. The highest BCUT2D eigenvalue weighted by Gasteiger charge is 2.25. The molecule has 0 bridgehead atoms. The van der Waals surface area contributed by atoms with E-state index in [9.17, 15) is 0 Å². The number of methoxy groups -OCH3 is 1. The van der Waals surface area contributed by atoms with Gasteiger partial charge in [-0.05, 0) is 26.2 Å². The van der Waals surface area contributed by atoms with E-state index in [0.717, 1.165) is 10.8 Å². The summed E-state index contributed by atoms with van der Waals surface area (Å²) in [5.74, 6) is 0. The van der Waals surface area contributed by atoms with Crippen LogP contribution >= 0.6 is 22.6 Å². The van der Waals surface area contributed by atoms with E-state index in [4.69, 9.17) is 9.47 Å². The van der Waals surface area contributed by atoms with Gasteiger partial charge in [0.2, 0.25) is 0 Å². The van der Waals surface area contributed by atoms with Crippen LogP contribution in [-0.4, -0.2) is 29.8 Å². The van der Waals surface area contributed by atoms with Gasteiger partial charge >= 0.3 is 0 Å². The first kappa shape index (κ1) is 10.7. The second kappa shape index (κ2) is 5.40. The van der Waals surface area contributed by atoms with E-state index in [-0.39, 0.29) is 6.10 Å². The fourth-order valence-corrected chi connectivity index (χ4v) is 2.19. The molecule has 0 radical (unpaired) electrons. The molecule has 0 aliphatic carbocycles. The van der Waals surface area contributed by atoms with E-state index in [1.807, 2.05) is 0 Å². The maximum absolute atomic E-state index is 5.86. The molecule has 0 aromatic carbocycles. The first-order valence-electron chi connectivity index (χ1n) is 4.52. The molecule has 0 saturated carbocycles. The number of alkyl halides is 1. The van der Waals surface area contributed by atoms with Gasteiger partial charge in [0, 0.05) is 11.5 Å².